The van der Waals surface area contributed by atoms with Crippen LogP contribution in [0.15, 0.2) is 0 Å². The summed E-state index contributed by atoms with van der Waals surface area (Å²) < 4.78 is -1.15. The molecule has 44 valence electrons. The Morgan fingerprint density at radius 2 is 1.50 bits per heavy atom. The third-order valence-electron chi connectivity index (χ3n) is 0.243. The second kappa shape index (κ2) is 4.36. The van der Waals surface area contributed by atoms with Gasteiger partial charge in [0.25, 0.3) is 0 Å². The molecule has 0 aromatic heterocycles. The molecule has 0 aliphatic heterocycles. The van der Waals surface area contributed by atoms with Crippen LogP contribution in [0.5, 0.6) is 0 Å². The van der Waals surface area contributed by atoms with Gasteiger partial charge in [0.1, 0.15) is 0 Å². The molecule has 0 saturated carbocycles. The minimum Gasteiger partial charge on any atom is -0.479 e. The van der Waals surface area contributed by atoms with Crippen molar-refractivity contribution in [3.63, 3.8) is 0 Å². The van der Waals surface area contributed by atoms with E-state index in [4.69, 9.17) is 5.11 Å². The van der Waals surface area contributed by atoms with Crippen LogP contribution in [0.25, 0.3) is 0 Å². The van der Waals surface area contributed by atoms with Crippen LogP contribution >= 0.6 is 47.8 Å². The zero-order valence-electron chi connectivity index (χ0n) is 3.70. The normalized spacial score (nSPS) is 9.88. The van der Waals surface area contributed by atoms with E-state index in [2.05, 4.69) is 47.8 Å². The average molecular weight is 362 g/mol. The summed E-state index contributed by atoms with van der Waals surface area (Å²) in [6.07, 6.45) is 0. The van der Waals surface area contributed by atoms with Gasteiger partial charge < -0.3 is 5.11 Å². The quantitative estimate of drug-likeness (QED) is 0.528. The Morgan fingerprint density at radius 1 is 1.38 bits per heavy atom. The Hall–Kier alpha value is 1.53. The molecule has 0 atom stereocenters. The van der Waals surface area contributed by atoms with E-state index in [1.54, 1.807) is 0 Å². The van der Waals surface area contributed by atoms with Crippen molar-refractivity contribution in [1.82, 2.24) is 0 Å². The van der Waals surface area contributed by atoms with Crippen LogP contribution in [-0.4, -0.2) is 13.2 Å². The zero-order valence-corrected chi connectivity index (χ0v) is 11.4. The molecular weight excluding hydrogens is 361 g/mol. The monoisotopic (exact) mass is 358 g/mol. The van der Waals surface area contributed by atoms with Gasteiger partial charge in [-0.15, -0.1) is 0 Å². The topological polar surface area (TPSA) is 37.3 Å². The summed E-state index contributed by atoms with van der Waals surface area (Å²) in [6, 6.07) is 0. The second-order valence-electron chi connectivity index (χ2n) is 0.803. The van der Waals surface area contributed by atoms with E-state index in [9.17, 15) is 4.79 Å². The van der Waals surface area contributed by atoms with Gasteiger partial charge in [-0.3, -0.25) is 0 Å². The molecule has 6 heteroatoms. The number of carboxylic acids is 1. The van der Waals surface area contributed by atoms with Crippen LogP contribution in [0, 0.1) is 0 Å². The maximum atomic E-state index is 9.88. The molecular formula is C2HBr3O2Zn. The maximum absolute atomic E-state index is 9.88. The Kier molecular flexibility index (Phi) is 6.67. The Morgan fingerprint density at radius 3 is 1.50 bits per heavy atom. The molecule has 0 saturated heterocycles. The molecule has 0 aromatic carbocycles. The van der Waals surface area contributed by atoms with E-state index < -0.39 is 8.11 Å². The fourth-order valence-electron chi connectivity index (χ4n) is 0. The predicted octanol–water partition coefficient (Wildman–Crippen LogP) is 1.91. The molecule has 0 spiro atoms. The first kappa shape index (κ1) is 12.2. The summed E-state index contributed by atoms with van der Waals surface area (Å²) in [4.78, 5) is 9.88. The number of rotatable bonds is 0. The van der Waals surface area contributed by atoms with E-state index in [1.807, 2.05) is 0 Å². The van der Waals surface area contributed by atoms with Crippen LogP contribution < -0.4 is 0 Å². The average Bonchev–Trinajstić information content (AvgIpc) is 1.31. The van der Waals surface area contributed by atoms with Gasteiger partial charge in [-0.1, -0.05) is 0 Å². The molecule has 0 unspecified atom stereocenters. The number of aliphatic carboxylic acids is 1. The molecule has 2 nitrogen and oxygen atoms in total. The largest absolute Gasteiger partial charge is 0.479 e. The zero-order chi connectivity index (χ0) is 6.08. The SMILES string of the molecule is O=C(O)C(Br)(Br)Br.[Zn]. The van der Waals surface area contributed by atoms with E-state index in [0.29, 0.717) is 0 Å². The Bertz CT molecular complexity index is 87.8. The molecule has 8 heavy (non-hydrogen) atoms. The molecule has 0 aromatic rings. The molecule has 0 radical (unpaired) electrons. The molecule has 0 aliphatic carbocycles. The molecule has 0 fully saturated rings. The Balaban J connectivity index is 0. The maximum Gasteiger partial charge on any atom is 0.342 e. The van der Waals surface area contributed by atoms with Gasteiger partial charge in [0, 0.05) is 19.5 Å². The fraction of sp³-hybridized carbons (Fsp3) is 0.500. The summed E-state index contributed by atoms with van der Waals surface area (Å²) in [5.74, 6) is -1.01. The van der Waals surface area contributed by atoms with Crippen LogP contribution in [-0.2, 0) is 24.3 Å². The minimum atomic E-state index is -1.15. The van der Waals surface area contributed by atoms with Crippen LogP contribution in [0.4, 0.5) is 0 Å². The van der Waals surface area contributed by atoms with E-state index in [1.165, 1.54) is 0 Å². The van der Waals surface area contributed by atoms with Crippen molar-refractivity contribution in [2.75, 3.05) is 0 Å². The molecule has 1 N–H and O–H groups in total. The first-order valence-corrected chi connectivity index (χ1v) is 3.62. The summed E-state index contributed by atoms with van der Waals surface area (Å²) in [5.41, 5.74) is 0. The first-order chi connectivity index (χ1) is 2.94. The molecule has 0 amide bonds. The van der Waals surface area contributed by atoms with Gasteiger partial charge in [0.05, 0.1) is 0 Å². The van der Waals surface area contributed by atoms with Gasteiger partial charge in [-0.05, 0) is 47.8 Å². The first-order valence-electron chi connectivity index (χ1n) is 1.24. The second-order valence-corrected chi connectivity index (χ2v) is 7.56. The summed E-state index contributed by atoms with van der Waals surface area (Å²) >= 11 is 8.33. The van der Waals surface area contributed by atoms with Crippen LogP contribution in [0.1, 0.15) is 0 Å². The van der Waals surface area contributed by atoms with Crippen molar-refractivity contribution in [3.8, 4) is 0 Å². The fourth-order valence-corrected chi connectivity index (χ4v) is 0. The number of hydrogen-bond donors (Lipinski definition) is 1. The molecule has 0 heterocycles. The number of hydrogen-bond acceptors (Lipinski definition) is 1. The summed E-state index contributed by atoms with van der Waals surface area (Å²) in [5, 5.41) is 8.11. The summed E-state index contributed by atoms with van der Waals surface area (Å²) in [7, 11) is 0. The van der Waals surface area contributed by atoms with Gasteiger partial charge in [-0.2, -0.15) is 0 Å². The number of carbonyl (C=O) groups is 1. The molecule has 0 aliphatic rings. The number of carboxylic acid groups (broad SMARTS) is 1. The summed E-state index contributed by atoms with van der Waals surface area (Å²) in [6.45, 7) is 0. The Labute approximate surface area is 84.5 Å². The number of halogens is 3. The van der Waals surface area contributed by atoms with Gasteiger partial charge >= 0.3 is 5.97 Å². The molecule has 0 rings (SSSR count). The van der Waals surface area contributed by atoms with Crippen molar-refractivity contribution < 1.29 is 29.4 Å². The van der Waals surface area contributed by atoms with E-state index in [-0.39, 0.29) is 19.5 Å². The predicted molar refractivity (Wildman–Crippen MR) is 37.1 cm³/mol. The third kappa shape index (κ3) is 5.67. The minimum absolute atomic E-state index is 0. The van der Waals surface area contributed by atoms with Crippen molar-refractivity contribution >= 4 is 53.8 Å². The van der Waals surface area contributed by atoms with Gasteiger partial charge in [0.2, 0.25) is 2.14 Å². The smallest absolute Gasteiger partial charge is 0.342 e. The van der Waals surface area contributed by atoms with Crippen LogP contribution in [0.3, 0.4) is 0 Å². The van der Waals surface area contributed by atoms with Crippen molar-refractivity contribution in [3.05, 3.63) is 0 Å². The van der Waals surface area contributed by atoms with Gasteiger partial charge in [0.15, 0.2) is 0 Å². The third-order valence-corrected chi connectivity index (χ3v) is 1.26. The van der Waals surface area contributed by atoms with Gasteiger partial charge in [-0.25, -0.2) is 4.79 Å². The standard InChI is InChI=1S/C2HBr3O2.Zn/c3-2(4,5)1(6)7;/h(H,6,7);. The van der Waals surface area contributed by atoms with Crippen molar-refractivity contribution in [2.45, 2.75) is 2.14 Å². The molecule has 0 bridgehead atoms. The van der Waals surface area contributed by atoms with Crippen molar-refractivity contribution in [1.29, 1.82) is 0 Å². The van der Waals surface area contributed by atoms with Crippen LogP contribution in [0.2, 0.25) is 0 Å². The van der Waals surface area contributed by atoms with E-state index >= 15 is 0 Å². The van der Waals surface area contributed by atoms with E-state index in [0.717, 1.165) is 0 Å². The van der Waals surface area contributed by atoms with Crippen molar-refractivity contribution in [2.24, 2.45) is 0 Å². The number of alkyl halides is 3.